The minimum absolute atomic E-state index is 0.0974. The zero-order valence-electron chi connectivity index (χ0n) is 25.1. The van der Waals surface area contributed by atoms with Crippen molar-refractivity contribution in [2.45, 2.75) is 31.2 Å². The molecule has 1 aliphatic carbocycles. The third-order valence-electron chi connectivity index (χ3n) is 6.98. The fourth-order valence-electron chi connectivity index (χ4n) is 4.75. The first-order valence-electron chi connectivity index (χ1n) is 13.9. The fraction of sp³-hybridized carbons (Fsp3) is 0.333. The van der Waals surface area contributed by atoms with E-state index in [2.05, 4.69) is 5.32 Å². The van der Waals surface area contributed by atoms with Gasteiger partial charge in [-0.2, -0.15) is 0 Å². The number of fused-ring (bicyclic) bond motifs is 1. The molecule has 1 heterocycles. The second-order valence-electron chi connectivity index (χ2n) is 10.3. The number of likely N-dealkylation sites (N-methyl/N-ethyl adjacent to an activating group) is 1. The number of amides is 1. The highest BCUT2D eigenvalue weighted by Gasteiger charge is 2.26. The third kappa shape index (κ3) is 8.30. The Bertz CT molecular complexity index is 1490. The van der Waals surface area contributed by atoms with Crippen LogP contribution in [0.5, 0.6) is 11.5 Å². The molecule has 43 heavy (non-hydrogen) atoms. The molecule has 0 saturated heterocycles. The summed E-state index contributed by atoms with van der Waals surface area (Å²) < 4.78 is 36.4. The van der Waals surface area contributed by atoms with E-state index in [1.807, 2.05) is 44.1 Å². The quantitative estimate of drug-likeness (QED) is 0.175. The summed E-state index contributed by atoms with van der Waals surface area (Å²) in [5.41, 5.74) is 4.89. The van der Waals surface area contributed by atoms with E-state index in [1.54, 1.807) is 38.7 Å². The monoisotopic (exact) mass is 608 g/mol. The predicted molar refractivity (Wildman–Crippen MR) is 166 cm³/mol. The Morgan fingerprint density at radius 3 is 2.47 bits per heavy atom. The van der Waals surface area contributed by atoms with Crippen LogP contribution in [0.25, 0.3) is 17.2 Å². The highest BCUT2D eigenvalue weighted by atomic mass is 32.2. The molecule has 0 saturated carbocycles. The van der Waals surface area contributed by atoms with Gasteiger partial charge >= 0.3 is 5.97 Å². The molecule has 2 aromatic carbocycles. The molecule has 0 unspecified atom stereocenters. The van der Waals surface area contributed by atoms with Crippen molar-refractivity contribution in [2.24, 2.45) is 0 Å². The first-order valence-corrected chi connectivity index (χ1v) is 14.9. The number of ether oxygens (including phenoxy) is 3. The number of benzene rings is 2. The first-order chi connectivity index (χ1) is 20.7. The maximum absolute atomic E-state index is 14.4. The largest absolute Gasteiger partial charge is 0.495 e. The molecule has 228 valence electrons. The molecular weight excluding hydrogens is 571 g/mol. The average molecular weight is 609 g/mol. The Balaban J connectivity index is 1.55. The third-order valence-corrected chi connectivity index (χ3v) is 8.08. The number of furan rings is 1. The molecule has 0 bridgehead atoms. The number of hydrogen-bond acceptors (Lipinski definition) is 8. The second kappa shape index (κ2) is 14.9. The van der Waals surface area contributed by atoms with Crippen molar-refractivity contribution in [1.29, 1.82) is 0 Å². The molecule has 1 N–H and O–H groups in total. The van der Waals surface area contributed by atoms with E-state index in [1.165, 1.54) is 23.9 Å². The van der Waals surface area contributed by atoms with E-state index in [0.717, 1.165) is 32.7 Å². The van der Waals surface area contributed by atoms with Crippen LogP contribution < -0.4 is 14.8 Å². The summed E-state index contributed by atoms with van der Waals surface area (Å²) in [5, 5.41) is 2.87. The van der Waals surface area contributed by atoms with Crippen molar-refractivity contribution in [2.75, 3.05) is 47.2 Å². The molecule has 1 aliphatic rings. The lowest BCUT2D eigenvalue weighted by Gasteiger charge is -2.15. The van der Waals surface area contributed by atoms with Gasteiger partial charge in [0.2, 0.25) is 5.91 Å². The van der Waals surface area contributed by atoms with Crippen LogP contribution in [0.4, 0.5) is 4.39 Å². The van der Waals surface area contributed by atoms with Gasteiger partial charge in [0, 0.05) is 12.3 Å². The summed E-state index contributed by atoms with van der Waals surface area (Å²) in [6.07, 6.45) is 3.90. The number of nitrogens with one attached hydrogen (secondary N) is 1. The van der Waals surface area contributed by atoms with Crippen LogP contribution in [0, 0.1) is 5.82 Å². The molecule has 0 atom stereocenters. The Morgan fingerprint density at radius 2 is 1.81 bits per heavy atom. The van der Waals surface area contributed by atoms with Gasteiger partial charge in [-0.05, 0) is 96.9 Å². The van der Waals surface area contributed by atoms with E-state index < -0.39 is 0 Å². The highest BCUT2D eigenvalue weighted by Crippen LogP contribution is 2.45. The standard InChI is InChI=1S/C33H37FN2O6S/c1-21-26(25-9-8-23(34)18-28(25)27(21)19-31(37)35-20-24-7-6-12-41-24)15-22-16-29(39-4)33(30(17-22)40-5)43-14-10-32(38)42-13-11-36(2)3/h6-9,12,15-18H,10-11,13-14,19-20H2,1-5H3,(H,35,37). The number of allylic oxidation sites excluding steroid dienone is 2. The van der Waals surface area contributed by atoms with Gasteiger partial charge in [0.25, 0.3) is 0 Å². The molecular formula is C33H37FN2O6S. The van der Waals surface area contributed by atoms with Crippen LogP contribution >= 0.6 is 11.8 Å². The minimum atomic E-state index is -0.368. The number of carbonyl (C=O) groups excluding carboxylic acids is 2. The van der Waals surface area contributed by atoms with Crippen molar-refractivity contribution in [1.82, 2.24) is 10.2 Å². The lowest BCUT2D eigenvalue weighted by Crippen LogP contribution is -2.22. The van der Waals surface area contributed by atoms with Crippen LogP contribution in [0.2, 0.25) is 0 Å². The van der Waals surface area contributed by atoms with Gasteiger partial charge in [0.1, 0.15) is 29.7 Å². The number of carbonyl (C=O) groups is 2. The fourth-order valence-corrected chi connectivity index (χ4v) is 5.79. The smallest absolute Gasteiger partial charge is 0.306 e. The SMILES string of the molecule is COc1cc(C=C2C(C)=C(CC(=O)NCc3ccco3)c3cc(F)ccc32)cc(OC)c1SCCC(=O)OCCN(C)C. The predicted octanol–water partition coefficient (Wildman–Crippen LogP) is 6.06. The van der Waals surface area contributed by atoms with Crippen molar-refractivity contribution in [3.63, 3.8) is 0 Å². The molecule has 0 radical (unpaired) electrons. The van der Waals surface area contributed by atoms with Crippen molar-refractivity contribution >= 4 is 40.9 Å². The molecule has 0 fully saturated rings. The lowest BCUT2D eigenvalue weighted by atomic mass is 10.0. The van der Waals surface area contributed by atoms with Crippen LogP contribution in [0.1, 0.15) is 42.2 Å². The summed E-state index contributed by atoms with van der Waals surface area (Å²) in [4.78, 5) is 27.7. The van der Waals surface area contributed by atoms with Gasteiger partial charge in [-0.1, -0.05) is 6.07 Å². The van der Waals surface area contributed by atoms with E-state index >= 15 is 0 Å². The Morgan fingerprint density at radius 1 is 1.07 bits per heavy atom. The number of halogens is 1. The molecule has 0 aliphatic heterocycles. The summed E-state index contributed by atoms with van der Waals surface area (Å²) in [7, 11) is 7.02. The van der Waals surface area contributed by atoms with Crippen molar-refractivity contribution in [3.8, 4) is 11.5 Å². The van der Waals surface area contributed by atoms with Crippen LogP contribution in [-0.4, -0.2) is 64.0 Å². The number of methoxy groups -OCH3 is 2. The Labute approximate surface area is 255 Å². The van der Waals surface area contributed by atoms with E-state index in [4.69, 9.17) is 18.6 Å². The van der Waals surface area contributed by atoms with E-state index in [-0.39, 0.29) is 37.1 Å². The zero-order chi connectivity index (χ0) is 30.9. The van der Waals surface area contributed by atoms with Gasteiger partial charge in [0.05, 0.1) is 44.8 Å². The number of thioether (sulfide) groups is 1. The number of nitrogens with zero attached hydrogens (tertiary/aromatic N) is 1. The molecule has 4 rings (SSSR count). The zero-order valence-corrected chi connectivity index (χ0v) is 25.9. The van der Waals surface area contributed by atoms with Crippen molar-refractivity contribution in [3.05, 3.63) is 82.6 Å². The van der Waals surface area contributed by atoms with Crippen LogP contribution in [0.15, 0.2) is 63.6 Å². The van der Waals surface area contributed by atoms with Crippen LogP contribution in [0.3, 0.4) is 0 Å². The molecule has 1 amide bonds. The van der Waals surface area contributed by atoms with E-state index in [0.29, 0.717) is 41.7 Å². The van der Waals surface area contributed by atoms with Crippen LogP contribution in [-0.2, 0) is 20.9 Å². The molecule has 3 aromatic rings. The summed E-state index contributed by atoms with van der Waals surface area (Å²) >= 11 is 1.46. The first kappa shape index (κ1) is 31.9. The number of esters is 1. The highest BCUT2D eigenvalue weighted by molar-refractivity contribution is 7.99. The number of hydrogen-bond donors (Lipinski definition) is 1. The maximum Gasteiger partial charge on any atom is 0.306 e. The van der Waals surface area contributed by atoms with Gasteiger partial charge in [-0.15, -0.1) is 11.8 Å². The van der Waals surface area contributed by atoms with Gasteiger partial charge < -0.3 is 28.8 Å². The molecule has 8 nitrogen and oxygen atoms in total. The minimum Gasteiger partial charge on any atom is -0.495 e. The van der Waals surface area contributed by atoms with Gasteiger partial charge in [-0.25, -0.2) is 4.39 Å². The normalized spacial score (nSPS) is 13.4. The maximum atomic E-state index is 14.4. The topological polar surface area (TPSA) is 90.2 Å². The Kier molecular flexibility index (Phi) is 11.1. The van der Waals surface area contributed by atoms with Gasteiger partial charge in [0.15, 0.2) is 0 Å². The lowest BCUT2D eigenvalue weighted by molar-refractivity contribution is -0.143. The number of rotatable bonds is 14. The van der Waals surface area contributed by atoms with E-state index in [9.17, 15) is 14.0 Å². The van der Waals surface area contributed by atoms with Gasteiger partial charge in [-0.3, -0.25) is 9.59 Å². The second-order valence-corrected chi connectivity index (χ2v) is 11.4. The Hall–Kier alpha value is -4.02. The van der Waals surface area contributed by atoms with Crippen molar-refractivity contribution < 1.29 is 32.6 Å². The summed E-state index contributed by atoms with van der Waals surface area (Å²) in [6, 6.07) is 12.0. The summed E-state index contributed by atoms with van der Waals surface area (Å²) in [5.74, 6) is 1.56. The molecule has 1 aromatic heterocycles. The average Bonchev–Trinajstić information content (AvgIpc) is 3.59. The summed E-state index contributed by atoms with van der Waals surface area (Å²) in [6.45, 7) is 3.24. The molecule has 0 spiro atoms. The molecule has 10 heteroatoms.